The van der Waals surface area contributed by atoms with E-state index in [2.05, 4.69) is 16.7 Å². The number of aromatic nitrogens is 1. The molecule has 0 fully saturated rings. The predicted molar refractivity (Wildman–Crippen MR) is 149 cm³/mol. The lowest BCUT2D eigenvalue weighted by Crippen LogP contribution is -2.29. The summed E-state index contributed by atoms with van der Waals surface area (Å²) in [6.45, 7) is 13.7. The summed E-state index contributed by atoms with van der Waals surface area (Å²) < 4.78 is 7.41. The van der Waals surface area contributed by atoms with Crippen molar-refractivity contribution in [1.82, 2.24) is 4.40 Å². The van der Waals surface area contributed by atoms with E-state index in [0.29, 0.717) is 28.0 Å². The number of carboxylic acid groups (broad SMARTS) is 1. The Hall–Kier alpha value is -4.33. The molecule has 3 rings (SSSR count). The van der Waals surface area contributed by atoms with Crippen LogP contribution in [-0.4, -0.2) is 40.0 Å². The number of fused-ring (bicyclic) bond motifs is 1. The zero-order valence-corrected chi connectivity index (χ0v) is 22.6. The van der Waals surface area contributed by atoms with E-state index < -0.39 is 16.8 Å². The highest BCUT2D eigenvalue weighted by atomic mass is 16.5. The molecular weight excluding hydrogens is 482 g/mol. The number of rotatable bonds is 10. The summed E-state index contributed by atoms with van der Waals surface area (Å²) in [5.74, 6) is -0.912. The predicted octanol–water partition coefficient (Wildman–Crippen LogP) is 6.02. The van der Waals surface area contributed by atoms with Crippen LogP contribution >= 0.6 is 0 Å². The van der Waals surface area contributed by atoms with Gasteiger partial charge in [0.1, 0.15) is 12.0 Å². The minimum atomic E-state index is -1.24. The van der Waals surface area contributed by atoms with Crippen LogP contribution in [0.5, 0.6) is 5.75 Å². The molecule has 0 aliphatic heterocycles. The minimum Gasteiger partial charge on any atom is -0.481 e. The molecule has 38 heavy (non-hydrogen) atoms. The highest BCUT2D eigenvalue weighted by Gasteiger charge is 2.37. The molecule has 2 heterocycles. The number of ether oxygens (including phenoxy) is 1. The Morgan fingerprint density at radius 2 is 1.74 bits per heavy atom. The van der Waals surface area contributed by atoms with Gasteiger partial charge in [0, 0.05) is 35.0 Å². The van der Waals surface area contributed by atoms with E-state index >= 15 is 0 Å². The third-order valence-corrected chi connectivity index (χ3v) is 6.09. The highest BCUT2D eigenvalue weighted by Crippen LogP contribution is 2.37. The van der Waals surface area contributed by atoms with Crippen molar-refractivity contribution in [2.75, 3.05) is 0 Å². The first-order valence-corrected chi connectivity index (χ1v) is 12.2. The molecule has 0 spiro atoms. The topological polar surface area (TPSA) is 110 Å². The normalized spacial score (nSPS) is 12.6. The zero-order chi connectivity index (χ0) is 28.3. The molecule has 0 bridgehead atoms. The second kappa shape index (κ2) is 11.0. The maximum Gasteiger partial charge on any atom is 0.309 e. The Labute approximate surface area is 222 Å². The van der Waals surface area contributed by atoms with Gasteiger partial charge in [-0.25, -0.2) is 9.98 Å². The largest absolute Gasteiger partial charge is 0.481 e. The molecule has 0 saturated carbocycles. The van der Waals surface area contributed by atoms with Gasteiger partial charge in [-0.15, -0.1) is 0 Å². The summed E-state index contributed by atoms with van der Waals surface area (Å²) in [4.78, 5) is 47.7. The van der Waals surface area contributed by atoms with E-state index in [1.807, 2.05) is 6.07 Å². The maximum absolute atomic E-state index is 13.9. The molecule has 1 N–H and O–H groups in total. The van der Waals surface area contributed by atoms with Crippen LogP contribution in [-0.2, 0) is 11.2 Å². The number of Topliss-reactive ketones (excluding diaryl/α,β-unsaturated/α-hetero) is 1. The van der Waals surface area contributed by atoms with Crippen LogP contribution in [0.4, 0.5) is 0 Å². The van der Waals surface area contributed by atoms with Gasteiger partial charge in [0.05, 0.1) is 16.6 Å². The van der Waals surface area contributed by atoms with Gasteiger partial charge in [-0.3, -0.25) is 14.4 Å². The molecular formula is C30H33N3O5. The smallest absolute Gasteiger partial charge is 0.309 e. The molecule has 0 amide bonds. The summed E-state index contributed by atoms with van der Waals surface area (Å²) in [7, 11) is 0. The van der Waals surface area contributed by atoms with Crippen molar-refractivity contribution < 1.29 is 24.2 Å². The fourth-order valence-corrected chi connectivity index (χ4v) is 4.01. The number of benzene rings is 1. The Morgan fingerprint density at radius 3 is 2.29 bits per heavy atom. The van der Waals surface area contributed by atoms with Crippen LogP contribution in [0.15, 0.2) is 70.7 Å². The average Bonchev–Trinajstić information content (AvgIpc) is 3.17. The number of pyridine rings is 1. The number of nitrogens with zero attached hydrogens (tertiary/aromatic N) is 3. The summed E-state index contributed by atoms with van der Waals surface area (Å²) in [5.41, 5.74) is -0.231. The molecule has 0 aliphatic rings. The van der Waals surface area contributed by atoms with Crippen molar-refractivity contribution in [2.45, 2.75) is 48.0 Å². The third-order valence-electron chi connectivity index (χ3n) is 6.09. The quantitative estimate of drug-likeness (QED) is 0.202. The number of carbonyl (C=O) groups is 3. The highest BCUT2D eigenvalue weighted by molar-refractivity contribution is 6.15. The maximum atomic E-state index is 13.9. The van der Waals surface area contributed by atoms with Crippen LogP contribution in [0, 0.1) is 10.8 Å². The van der Waals surface area contributed by atoms with E-state index in [9.17, 15) is 19.5 Å². The number of carbonyl (C=O) groups excluding carboxylic acids is 2. The van der Waals surface area contributed by atoms with Crippen molar-refractivity contribution >= 4 is 36.0 Å². The Balaban J connectivity index is 2.38. The molecule has 0 aliphatic carbocycles. The second-order valence-electron chi connectivity index (χ2n) is 10.6. The van der Waals surface area contributed by atoms with Crippen molar-refractivity contribution in [2.24, 2.45) is 20.8 Å². The van der Waals surface area contributed by atoms with Gasteiger partial charge in [-0.1, -0.05) is 51.1 Å². The summed E-state index contributed by atoms with van der Waals surface area (Å²) in [5, 5.41) is 9.92. The number of hydrogen-bond acceptors (Lipinski definition) is 6. The molecule has 0 unspecified atom stereocenters. The Morgan fingerprint density at radius 1 is 1.08 bits per heavy atom. The van der Waals surface area contributed by atoms with Crippen LogP contribution < -0.4 is 4.74 Å². The van der Waals surface area contributed by atoms with E-state index in [1.165, 1.54) is 6.26 Å². The van der Waals surface area contributed by atoms with Crippen molar-refractivity contribution in [3.63, 3.8) is 0 Å². The SMILES string of the molecule is C=N/C(=C/Oc1ccn2c(C(=O)c3ccccc3)c(CC(C)(C)C(=O)O)c(C(=O)C(C)(C)C)c2c1)N=CC. The third kappa shape index (κ3) is 5.80. The molecule has 0 saturated heterocycles. The van der Waals surface area contributed by atoms with Gasteiger partial charge in [0.2, 0.25) is 5.78 Å². The number of ketones is 2. The molecule has 198 valence electrons. The monoisotopic (exact) mass is 515 g/mol. The van der Waals surface area contributed by atoms with Crippen molar-refractivity contribution in [3.8, 4) is 5.75 Å². The number of hydrogen-bond donors (Lipinski definition) is 1. The summed E-state index contributed by atoms with van der Waals surface area (Å²) in [6.07, 6.45) is 4.51. The fourth-order valence-electron chi connectivity index (χ4n) is 4.01. The summed E-state index contributed by atoms with van der Waals surface area (Å²) in [6, 6.07) is 12.0. The lowest BCUT2D eigenvalue weighted by atomic mass is 9.79. The van der Waals surface area contributed by atoms with Gasteiger partial charge in [-0.2, -0.15) is 0 Å². The molecule has 8 heteroatoms. The molecule has 0 atom stereocenters. The van der Waals surface area contributed by atoms with Crippen LogP contribution in [0.25, 0.3) is 5.52 Å². The first-order chi connectivity index (χ1) is 17.8. The molecule has 3 aromatic rings. The molecule has 1 aromatic carbocycles. The van der Waals surface area contributed by atoms with Gasteiger partial charge < -0.3 is 14.2 Å². The van der Waals surface area contributed by atoms with E-state index in [0.717, 1.165) is 0 Å². The Bertz CT molecular complexity index is 1450. The Kier molecular flexibility index (Phi) is 8.15. The van der Waals surface area contributed by atoms with Crippen molar-refractivity contribution in [1.29, 1.82) is 0 Å². The molecule has 8 nitrogen and oxygen atoms in total. The molecule has 2 aromatic heterocycles. The van der Waals surface area contributed by atoms with E-state index in [4.69, 9.17) is 4.74 Å². The minimum absolute atomic E-state index is 0.0269. The number of aliphatic carboxylic acids is 1. The average molecular weight is 516 g/mol. The molecule has 0 radical (unpaired) electrons. The van der Waals surface area contributed by atoms with Gasteiger partial charge in [-0.05, 0) is 45.5 Å². The van der Waals surface area contributed by atoms with Gasteiger partial charge in [0.25, 0.3) is 0 Å². The summed E-state index contributed by atoms with van der Waals surface area (Å²) >= 11 is 0. The fraction of sp³-hybridized carbons (Fsp3) is 0.300. The van der Waals surface area contributed by atoms with Crippen LogP contribution in [0.3, 0.4) is 0 Å². The van der Waals surface area contributed by atoms with Gasteiger partial charge in [0.15, 0.2) is 11.6 Å². The number of carboxylic acids is 1. The lowest BCUT2D eigenvalue weighted by molar-refractivity contribution is -0.146. The van der Waals surface area contributed by atoms with Crippen molar-refractivity contribution in [3.05, 3.63) is 83.1 Å². The van der Waals surface area contributed by atoms with E-state index in [1.54, 1.807) is 94.8 Å². The van der Waals surface area contributed by atoms with Crippen LogP contribution in [0.1, 0.15) is 73.5 Å². The first kappa shape index (κ1) is 28.2. The second-order valence-corrected chi connectivity index (χ2v) is 10.6. The standard InChI is InChI=1S/C30H33N3O5/c1-8-32-23(31-7)18-38-20-14-15-33-22(16-20)24(27(35)29(2,3)4)21(17-30(5,6)28(36)37)25(33)26(34)19-12-10-9-11-13-19/h8-16,18H,7,17H2,1-6H3,(H,36,37)/b23-18-,32-8?. The first-order valence-electron chi connectivity index (χ1n) is 12.2. The number of aliphatic imine (C=N–C) groups is 2. The zero-order valence-electron chi connectivity index (χ0n) is 22.6. The lowest BCUT2D eigenvalue weighted by Gasteiger charge is -2.22. The van der Waals surface area contributed by atoms with Gasteiger partial charge >= 0.3 is 5.97 Å². The van der Waals surface area contributed by atoms with E-state index in [-0.39, 0.29) is 29.5 Å². The van der Waals surface area contributed by atoms with Crippen LogP contribution in [0.2, 0.25) is 0 Å².